The largest absolute Gasteiger partial charge is 0.423 e. The van der Waals surface area contributed by atoms with Crippen molar-refractivity contribution in [1.29, 1.82) is 0 Å². The van der Waals surface area contributed by atoms with Gasteiger partial charge in [-0.1, -0.05) is 24.9 Å². The van der Waals surface area contributed by atoms with E-state index in [1.807, 2.05) is 0 Å². The maximum atomic E-state index is 12.2. The summed E-state index contributed by atoms with van der Waals surface area (Å²) in [4.78, 5) is 27.2. The molecule has 0 unspecified atom stereocenters. The highest BCUT2D eigenvalue weighted by Gasteiger charge is 2.26. The van der Waals surface area contributed by atoms with Gasteiger partial charge in [0.25, 0.3) is 0 Å². The Morgan fingerprint density at radius 2 is 2.24 bits per heavy atom. The smallest absolute Gasteiger partial charge is 0.331 e. The molecule has 0 aliphatic carbocycles. The van der Waals surface area contributed by atoms with Crippen LogP contribution in [0, 0.1) is 0 Å². The molecule has 1 aromatic carbocycles. The fourth-order valence-electron chi connectivity index (χ4n) is 2.16. The number of carbonyl (C=O) groups is 2. The third-order valence-corrected chi connectivity index (χ3v) is 3.64. The highest BCUT2D eigenvalue weighted by atomic mass is 35.5. The number of nitrogens with zero attached hydrogens (tertiary/aromatic N) is 2. The Balaban J connectivity index is 2.12. The first-order chi connectivity index (χ1) is 10.0. The van der Waals surface area contributed by atoms with Crippen LogP contribution < -0.4 is 9.64 Å². The van der Waals surface area contributed by atoms with E-state index in [1.165, 1.54) is 0 Å². The van der Waals surface area contributed by atoms with E-state index >= 15 is 0 Å². The van der Waals surface area contributed by atoms with Gasteiger partial charge in [-0.15, -0.1) is 0 Å². The Morgan fingerprint density at radius 3 is 2.95 bits per heavy atom. The molecule has 0 saturated heterocycles. The van der Waals surface area contributed by atoms with E-state index in [9.17, 15) is 9.59 Å². The lowest BCUT2D eigenvalue weighted by Gasteiger charge is -2.30. The average molecular weight is 311 g/mol. The second-order valence-corrected chi connectivity index (χ2v) is 5.55. The van der Waals surface area contributed by atoms with Crippen LogP contribution in [0.4, 0.5) is 5.69 Å². The summed E-state index contributed by atoms with van der Waals surface area (Å²) < 4.78 is 5.16. The van der Waals surface area contributed by atoms with Crippen molar-refractivity contribution in [3.63, 3.8) is 0 Å². The summed E-state index contributed by atoms with van der Waals surface area (Å²) in [5.74, 6) is 0.0533. The number of amides is 1. The van der Waals surface area contributed by atoms with E-state index in [4.69, 9.17) is 16.3 Å². The molecule has 1 aliphatic rings. The minimum absolute atomic E-state index is 0.0240. The number of benzene rings is 1. The maximum absolute atomic E-state index is 12.2. The number of carbonyl (C=O) groups excluding carboxylic acids is 2. The number of anilines is 1. The predicted molar refractivity (Wildman–Crippen MR) is 81.8 cm³/mol. The molecule has 1 aromatic rings. The molecule has 0 bridgehead atoms. The summed E-state index contributed by atoms with van der Waals surface area (Å²) in [5.41, 5.74) is 0.680. The third kappa shape index (κ3) is 3.88. The van der Waals surface area contributed by atoms with Gasteiger partial charge in [-0.2, -0.15) is 0 Å². The minimum Gasteiger partial charge on any atom is -0.423 e. The van der Waals surface area contributed by atoms with Crippen molar-refractivity contribution in [3.05, 3.63) is 23.2 Å². The summed E-state index contributed by atoms with van der Waals surface area (Å²) in [6.45, 7) is 3.00. The van der Waals surface area contributed by atoms with Gasteiger partial charge in [0.15, 0.2) is 5.75 Å². The van der Waals surface area contributed by atoms with E-state index in [2.05, 4.69) is 6.92 Å². The molecule has 21 heavy (non-hydrogen) atoms. The molecule has 1 heterocycles. The lowest BCUT2D eigenvalue weighted by Crippen LogP contribution is -2.44. The SMILES string of the molecule is CCCCN(C)C(=O)CN1CC(=O)Oc2ccc(Cl)cc21. The molecule has 114 valence electrons. The molecule has 0 radical (unpaired) electrons. The van der Waals surface area contributed by atoms with E-state index in [-0.39, 0.29) is 25.0 Å². The molecule has 0 atom stereocenters. The van der Waals surface area contributed by atoms with Gasteiger partial charge in [0.2, 0.25) is 5.91 Å². The quantitative estimate of drug-likeness (QED) is 0.618. The van der Waals surface area contributed by atoms with Crippen LogP contribution in [0.2, 0.25) is 5.02 Å². The molecule has 1 amide bonds. The van der Waals surface area contributed by atoms with Crippen molar-refractivity contribution < 1.29 is 14.3 Å². The Bertz CT molecular complexity index is 548. The van der Waals surface area contributed by atoms with Crippen molar-refractivity contribution >= 4 is 29.2 Å². The number of likely N-dealkylation sites (N-methyl/N-ethyl adjacent to an activating group) is 1. The molecular weight excluding hydrogens is 292 g/mol. The number of esters is 1. The normalized spacial score (nSPS) is 13.7. The van der Waals surface area contributed by atoms with Crippen LogP contribution in [0.5, 0.6) is 5.75 Å². The van der Waals surface area contributed by atoms with E-state index in [1.54, 1.807) is 35.0 Å². The lowest BCUT2D eigenvalue weighted by molar-refractivity contribution is -0.133. The monoisotopic (exact) mass is 310 g/mol. The predicted octanol–water partition coefficient (Wildman–Crippen LogP) is 2.32. The summed E-state index contributed by atoms with van der Waals surface area (Å²) in [7, 11) is 1.78. The standard InChI is InChI=1S/C15H19ClN2O3/c1-3-4-7-17(2)14(19)9-18-10-15(20)21-13-6-5-11(16)8-12(13)18/h5-6,8H,3-4,7,9-10H2,1-2H3. The van der Waals surface area contributed by atoms with Gasteiger partial charge in [0.05, 0.1) is 12.2 Å². The minimum atomic E-state index is -0.367. The second kappa shape index (κ2) is 6.80. The Morgan fingerprint density at radius 1 is 1.48 bits per heavy atom. The van der Waals surface area contributed by atoms with E-state index in [0.717, 1.165) is 19.4 Å². The highest BCUT2D eigenvalue weighted by Crippen LogP contribution is 2.34. The first kappa shape index (κ1) is 15.6. The number of hydrogen-bond donors (Lipinski definition) is 0. The number of hydrogen-bond acceptors (Lipinski definition) is 4. The van der Waals surface area contributed by atoms with Gasteiger partial charge in [-0.05, 0) is 24.6 Å². The average Bonchev–Trinajstić information content (AvgIpc) is 2.45. The molecule has 0 N–H and O–H groups in total. The second-order valence-electron chi connectivity index (χ2n) is 5.11. The lowest BCUT2D eigenvalue weighted by atomic mass is 10.2. The zero-order valence-electron chi connectivity index (χ0n) is 12.3. The van der Waals surface area contributed by atoms with Gasteiger partial charge in [-0.25, -0.2) is 4.79 Å². The fourth-order valence-corrected chi connectivity index (χ4v) is 2.33. The van der Waals surface area contributed by atoms with Crippen LogP contribution in [-0.2, 0) is 9.59 Å². The van der Waals surface area contributed by atoms with Gasteiger partial charge < -0.3 is 14.5 Å². The molecule has 0 spiro atoms. The van der Waals surface area contributed by atoms with Gasteiger partial charge in [0.1, 0.15) is 6.54 Å². The molecule has 2 rings (SSSR count). The van der Waals surface area contributed by atoms with Crippen LogP contribution >= 0.6 is 11.6 Å². The molecule has 0 saturated carbocycles. The molecule has 1 aliphatic heterocycles. The fraction of sp³-hybridized carbons (Fsp3) is 0.467. The number of halogens is 1. The van der Waals surface area contributed by atoms with Crippen molar-refractivity contribution in [1.82, 2.24) is 4.90 Å². The topological polar surface area (TPSA) is 49.9 Å². The first-order valence-electron chi connectivity index (χ1n) is 7.00. The van der Waals surface area contributed by atoms with Crippen molar-refractivity contribution in [2.45, 2.75) is 19.8 Å². The number of rotatable bonds is 5. The molecule has 0 fully saturated rings. The first-order valence-corrected chi connectivity index (χ1v) is 7.38. The van der Waals surface area contributed by atoms with Crippen LogP contribution in [0.3, 0.4) is 0 Å². The Labute approximate surface area is 129 Å². The van der Waals surface area contributed by atoms with Crippen LogP contribution in [0.15, 0.2) is 18.2 Å². The van der Waals surface area contributed by atoms with Crippen LogP contribution in [0.25, 0.3) is 0 Å². The van der Waals surface area contributed by atoms with Gasteiger partial charge in [0, 0.05) is 18.6 Å². The summed E-state index contributed by atoms with van der Waals surface area (Å²) in [5, 5.41) is 0.545. The van der Waals surface area contributed by atoms with E-state index in [0.29, 0.717) is 16.5 Å². The third-order valence-electron chi connectivity index (χ3n) is 3.40. The van der Waals surface area contributed by atoms with Crippen molar-refractivity contribution in [3.8, 4) is 5.75 Å². The van der Waals surface area contributed by atoms with Gasteiger partial charge in [-0.3, -0.25) is 4.79 Å². The van der Waals surface area contributed by atoms with Crippen molar-refractivity contribution in [2.75, 3.05) is 31.6 Å². The Hall–Kier alpha value is -1.75. The van der Waals surface area contributed by atoms with Crippen LogP contribution in [0.1, 0.15) is 19.8 Å². The maximum Gasteiger partial charge on any atom is 0.331 e. The van der Waals surface area contributed by atoms with E-state index < -0.39 is 0 Å². The Kier molecular flexibility index (Phi) is 5.07. The summed E-state index contributed by atoms with van der Waals surface area (Å²) in [6.07, 6.45) is 2.00. The van der Waals surface area contributed by atoms with Crippen molar-refractivity contribution in [2.24, 2.45) is 0 Å². The zero-order valence-corrected chi connectivity index (χ0v) is 13.0. The molecule has 5 nitrogen and oxygen atoms in total. The number of fused-ring (bicyclic) bond motifs is 1. The molecular formula is C15H19ClN2O3. The molecule has 0 aromatic heterocycles. The zero-order chi connectivity index (χ0) is 15.4. The van der Waals surface area contributed by atoms with Gasteiger partial charge >= 0.3 is 5.97 Å². The summed E-state index contributed by atoms with van der Waals surface area (Å²) in [6, 6.07) is 5.02. The van der Waals surface area contributed by atoms with Crippen LogP contribution in [-0.4, -0.2) is 43.5 Å². The molecule has 6 heteroatoms. The summed E-state index contributed by atoms with van der Waals surface area (Å²) >= 11 is 5.98. The number of ether oxygens (including phenoxy) is 1. The highest BCUT2D eigenvalue weighted by molar-refractivity contribution is 6.31. The number of unbranched alkanes of at least 4 members (excludes halogenated alkanes) is 1.